The monoisotopic (exact) mass is 396 g/mol. The number of nitrogens with one attached hydrogen (secondary N) is 1. The Morgan fingerprint density at radius 2 is 1.79 bits per heavy atom. The molecule has 1 amide bonds. The van der Waals surface area contributed by atoms with E-state index in [2.05, 4.69) is 49.8 Å². The summed E-state index contributed by atoms with van der Waals surface area (Å²) >= 11 is 6.38. The minimum Gasteiger partial charge on any atom is -0.310 e. The molecule has 0 fully saturated rings. The summed E-state index contributed by atoms with van der Waals surface area (Å²) < 4.78 is 0. The van der Waals surface area contributed by atoms with E-state index in [1.807, 2.05) is 30.3 Å². The second-order valence-electron chi connectivity index (χ2n) is 7.17. The molecule has 2 aromatic carbocycles. The highest BCUT2D eigenvalue weighted by molar-refractivity contribution is 6.34. The Morgan fingerprint density at radius 1 is 1.14 bits per heavy atom. The van der Waals surface area contributed by atoms with Crippen molar-refractivity contribution in [1.82, 2.24) is 5.32 Å². The van der Waals surface area contributed by atoms with Gasteiger partial charge in [-0.2, -0.15) is 0 Å². The van der Waals surface area contributed by atoms with E-state index in [4.69, 9.17) is 11.6 Å². The van der Waals surface area contributed by atoms with E-state index in [1.54, 1.807) is 0 Å². The topological polar surface area (TPSA) is 41.5 Å². The summed E-state index contributed by atoms with van der Waals surface area (Å²) in [6.45, 7) is 12.1. The summed E-state index contributed by atoms with van der Waals surface area (Å²) in [5, 5.41) is 3.34. The highest BCUT2D eigenvalue weighted by Gasteiger charge is 2.12. The van der Waals surface area contributed by atoms with Crippen LogP contribution in [0.4, 0.5) is 0 Å². The molecule has 0 aliphatic heterocycles. The summed E-state index contributed by atoms with van der Waals surface area (Å²) in [6, 6.07) is 14.1. The van der Waals surface area contributed by atoms with Crippen LogP contribution >= 0.6 is 11.6 Å². The highest BCUT2D eigenvalue weighted by atomic mass is 35.5. The zero-order valence-electron chi connectivity index (χ0n) is 17.2. The molecule has 4 heteroatoms. The Hall–Kier alpha value is -2.39. The largest absolute Gasteiger partial charge is 0.310 e. The molecular formula is C24H29ClN2O. The zero-order chi connectivity index (χ0) is 20.7. The Labute approximate surface area is 173 Å². The Bertz CT molecular complexity index is 869. The normalized spacial score (nSPS) is 12.5. The van der Waals surface area contributed by atoms with E-state index in [0.717, 1.165) is 30.4 Å². The predicted octanol–water partition coefficient (Wildman–Crippen LogP) is 6.04. The van der Waals surface area contributed by atoms with Gasteiger partial charge in [-0.05, 0) is 47.6 Å². The molecule has 1 atom stereocenters. The number of rotatable bonds is 7. The van der Waals surface area contributed by atoms with Crippen molar-refractivity contribution < 1.29 is 4.79 Å². The van der Waals surface area contributed by atoms with Crippen molar-refractivity contribution in [2.75, 3.05) is 0 Å². The first kappa shape index (κ1) is 21.9. The molecule has 0 spiro atoms. The van der Waals surface area contributed by atoms with Crippen LogP contribution in [0.3, 0.4) is 0 Å². The molecule has 0 aliphatic carbocycles. The van der Waals surface area contributed by atoms with Crippen molar-refractivity contribution in [1.29, 1.82) is 0 Å². The molecule has 3 nitrogen and oxygen atoms in total. The Morgan fingerprint density at radius 3 is 2.36 bits per heavy atom. The molecule has 28 heavy (non-hydrogen) atoms. The average molecular weight is 397 g/mol. The fraction of sp³-hybridized carbons (Fsp3) is 0.333. The molecule has 1 N–H and O–H groups in total. The third-order valence-corrected chi connectivity index (χ3v) is 5.13. The van der Waals surface area contributed by atoms with Crippen molar-refractivity contribution >= 4 is 29.0 Å². The highest BCUT2D eigenvalue weighted by Crippen LogP contribution is 2.22. The minimum absolute atomic E-state index is 0.201. The summed E-state index contributed by atoms with van der Waals surface area (Å²) in [4.78, 5) is 16.3. The molecule has 2 aromatic rings. The van der Waals surface area contributed by atoms with Crippen molar-refractivity contribution in [2.45, 2.75) is 47.0 Å². The lowest BCUT2D eigenvalue weighted by Crippen LogP contribution is -2.29. The number of carbonyl (C=O) groups is 1. The maximum atomic E-state index is 11.7. The number of amides is 1. The first-order chi connectivity index (χ1) is 13.3. The van der Waals surface area contributed by atoms with Crippen LogP contribution in [0.5, 0.6) is 0 Å². The first-order valence-corrected chi connectivity index (χ1v) is 10.1. The molecule has 0 aromatic heterocycles. The quantitative estimate of drug-likeness (QED) is 0.449. The predicted molar refractivity (Wildman–Crippen MR) is 120 cm³/mol. The molecule has 0 saturated carbocycles. The van der Waals surface area contributed by atoms with Gasteiger partial charge in [0, 0.05) is 12.5 Å². The molecule has 0 saturated heterocycles. The second kappa shape index (κ2) is 10.2. The number of aryl methyl sites for hydroxylation is 1. The van der Waals surface area contributed by atoms with Crippen LogP contribution in [0.15, 0.2) is 54.0 Å². The number of aliphatic imine (C=N–C) groups is 1. The summed E-state index contributed by atoms with van der Waals surface area (Å²) in [5.41, 5.74) is 4.62. The van der Waals surface area contributed by atoms with Gasteiger partial charge >= 0.3 is 0 Å². The van der Waals surface area contributed by atoms with Gasteiger partial charge < -0.3 is 5.32 Å². The van der Waals surface area contributed by atoms with Gasteiger partial charge in [-0.25, -0.2) is 4.99 Å². The van der Waals surface area contributed by atoms with Crippen LogP contribution < -0.4 is 5.32 Å². The van der Waals surface area contributed by atoms with E-state index >= 15 is 0 Å². The fourth-order valence-corrected chi connectivity index (χ4v) is 3.08. The molecule has 0 aliphatic rings. The molecule has 148 valence electrons. The molecule has 0 bridgehead atoms. The number of carbonyl (C=O) groups excluding carboxylic acids is 1. The number of amidine groups is 1. The minimum atomic E-state index is -0.201. The number of hydrogen-bond acceptors (Lipinski definition) is 2. The smallest absolute Gasteiger partial charge is 0.222 e. The summed E-state index contributed by atoms with van der Waals surface area (Å²) in [5.74, 6) is 0.876. The lowest BCUT2D eigenvalue weighted by molar-refractivity contribution is -0.117. The van der Waals surface area contributed by atoms with Gasteiger partial charge in [0.1, 0.15) is 5.84 Å². The summed E-state index contributed by atoms with van der Waals surface area (Å²) in [6.07, 6.45) is 3.09. The van der Waals surface area contributed by atoms with E-state index in [1.165, 1.54) is 12.5 Å². The molecule has 0 heterocycles. The molecular weight excluding hydrogens is 368 g/mol. The maximum absolute atomic E-state index is 11.7. The van der Waals surface area contributed by atoms with Crippen LogP contribution in [0.25, 0.3) is 5.70 Å². The van der Waals surface area contributed by atoms with E-state index in [0.29, 0.717) is 28.0 Å². The lowest BCUT2D eigenvalue weighted by Gasteiger charge is -2.12. The fourth-order valence-electron chi connectivity index (χ4n) is 2.88. The van der Waals surface area contributed by atoms with Gasteiger partial charge in [-0.1, -0.05) is 75.7 Å². The first-order valence-electron chi connectivity index (χ1n) is 9.77. The van der Waals surface area contributed by atoms with Crippen LogP contribution in [0.1, 0.15) is 56.4 Å². The van der Waals surface area contributed by atoms with Crippen molar-refractivity contribution in [3.63, 3.8) is 0 Å². The van der Waals surface area contributed by atoms with E-state index in [9.17, 15) is 4.79 Å². The second-order valence-corrected chi connectivity index (χ2v) is 7.58. The lowest BCUT2D eigenvalue weighted by atomic mass is 9.98. The van der Waals surface area contributed by atoms with Gasteiger partial charge in [0.15, 0.2) is 0 Å². The van der Waals surface area contributed by atoms with E-state index < -0.39 is 0 Å². The maximum Gasteiger partial charge on any atom is 0.222 e. The zero-order valence-corrected chi connectivity index (χ0v) is 17.9. The third kappa shape index (κ3) is 6.07. The van der Waals surface area contributed by atoms with Crippen LogP contribution in [0, 0.1) is 5.92 Å². The van der Waals surface area contributed by atoms with Crippen molar-refractivity contribution in [3.8, 4) is 0 Å². The van der Waals surface area contributed by atoms with Crippen LogP contribution in [-0.2, 0) is 17.6 Å². The van der Waals surface area contributed by atoms with Gasteiger partial charge in [0.05, 0.1) is 10.7 Å². The van der Waals surface area contributed by atoms with Crippen molar-refractivity contribution in [2.24, 2.45) is 10.9 Å². The number of nitrogens with zero attached hydrogens (tertiary/aromatic N) is 1. The van der Waals surface area contributed by atoms with Gasteiger partial charge in [-0.15, -0.1) is 0 Å². The third-order valence-electron chi connectivity index (χ3n) is 4.80. The van der Waals surface area contributed by atoms with Crippen LogP contribution in [-0.4, -0.2) is 11.7 Å². The average Bonchev–Trinajstić information content (AvgIpc) is 2.68. The van der Waals surface area contributed by atoms with Gasteiger partial charge in [0.2, 0.25) is 5.91 Å². The Kier molecular flexibility index (Phi) is 8.01. The van der Waals surface area contributed by atoms with E-state index in [-0.39, 0.29) is 5.91 Å². The number of halogens is 1. The van der Waals surface area contributed by atoms with Gasteiger partial charge in [0.25, 0.3) is 0 Å². The molecule has 1 unspecified atom stereocenters. The Balaban J connectivity index is 2.33. The standard InChI is InChI=1S/C24H29ClN2O/c1-6-16(3)14-20-8-11-21(12-9-20)17(4)26-24(27-18(5)28)22-15-19(7-2)10-13-23(22)25/h8-13,15-16H,4,6-7,14H2,1-3,5H3,(H,26,27,28). The molecule has 0 radical (unpaired) electrons. The molecule has 2 rings (SSSR count). The SMILES string of the molecule is C=C(/N=C(\NC(C)=O)c1cc(CC)ccc1Cl)c1ccc(CC(C)CC)cc1. The number of benzene rings is 2. The summed E-state index contributed by atoms with van der Waals surface area (Å²) in [7, 11) is 0. The number of hydrogen-bond donors (Lipinski definition) is 1. The van der Waals surface area contributed by atoms with Crippen molar-refractivity contribution in [3.05, 3.63) is 76.3 Å². The van der Waals surface area contributed by atoms with Crippen LogP contribution in [0.2, 0.25) is 5.02 Å². The van der Waals surface area contributed by atoms with Gasteiger partial charge in [-0.3, -0.25) is 4.79 Å².